The summed E-state index contributed by atoms with van der Waals surface area (Å²) in [6, 6.07) is 16.0. The molecule has 1 atom stereocenters. The van der Waals surface area contributed by atoms with Gasteiger partial charge in [0.1, 0.15) is 17.8 Å². The van der Waals surface area contributed by atoms with E-state index in [2.05, 4.69) is 10.3 Å². The maximum atomic E-state index is 14.1. The first-order valence-corrected chi connectivity index (χ1v) is 8.15. The molecule has 0 radical (unpaired) electrons. The second-order valence-corrected chi connectivity index (χ2v) is 6.03. The molecule has 1 aromatic heterocycles. The van der Waals surface area contributed by atoms with Crippen LogP contribution in [0.15, 0.2) is 66.9 Å². The number of hydrogen-bond donors (Lipinski definition) is 1. The molecule has 0 fully saturated rings. The highest BCUT2D eigenvalue weighted by molar-refractivity contribution is 5.98. The fourth-order valence-electron chi connectivity index (χ4n) is 3.08. The third kappa shape index (κ3) is 2.90. The molecule has 4 rings (SSSR count). The standard InChI is InChI=1S/C20H15F2N3O/c21-14-8-9-16(22)17(11-14)24-19-18-15(7-4-10-23-18)20(26)25(19)12-13-5-2-1-3-6-13/h1-11,19,24H,12H2. The van der Waals surface area contributed by atoms with Gasteiger partial charge in [-0.1, -0.05) is 30.3 Å². The molecule has 130 valence electrons. The van der Waals surface area contributed by atoms with Gasteiger partial charge in [-0.25, -0.2) is 8.78 Å². The number of nitrogens with zero attached hydrogens (tertiary/aromatic N) is 2. The summed E-state index contributed by atoms with van der Waals surface area (Å²) in [4.78, 5) is 18.7. The van der Waals surface area contributed by atoms with Gasteiger partial charge in [-0.3, -0.25) is 9.78 Å². The van der Waals surface area contributed by atoms with Crippen LogP contribution in [0.1, 0.15) is 27.8 Å². The zero-order chi connectivity index (χ0) is 18.1. The first-order chi connectivity index (χ1) is 12.6. The molecule has 2 heterocycles. The average Bonchev–Trinajstić information content (AvgIpc) is 2.92. The van der Waals surface area contributed by atoms with E-state index in [-0.39, 0.29) is 11.6 Å². The first kappa shape index (κ1) is 16.2. The Morgan fingerprint density at radius 3 is 2.65 bits per heavy atom. The molecule has 26 heavy (non-hydrogen) atoms. The van der Waals surface area contributed by atoms with E-state index in [0.717, 1.165) is 23.8 Å². The number of hydrogen-bond acceptors (Lipinski definition) is 3. The van der Waals surface area contributed by atoms with Crippen molar-refractivity contribution in [2.75, 3.05) is 5.32 Å². The number of nitrogens with one attached hydrogen (secondary N) is 1. The van der Waals surface area contributed by atoms with Crippen LogP contribution in [0, 0.1) is 11.6 Å². The minimum Gasteiger partial charge on any atom is -0.358 e. The van der Waals surface area contributed by atoms with E-state index in [1.165, 1.54) is 0 Å². The van der Waals surface area contributed by atoms with Gasteiger partial charge in [0.25, 0.3) is 5.91 Å². The highest BCUT2D eigenvalue weighted by Gasteiger charge is 2.38. The number of aromatic nitrogens is 1. The Balaban J connectivity index is 1.72. The largest absolute Gasteiger partial charge is 0.358 e. The molecular formula is C20H15F2N3O. The Bertz CT molecular complexity index is 962. The van der Waals surface area contributed by atoms with Gasteiger partial charge in [-0.05, 0) is 29.8 Å². The maximum absolute atomic E-state index is 14.1. The molecule has 0 saturated heterocycles. The molecule has 1 aliphatic heterocycles. The van der Waals surface area contributed by atoms with Crippen molar-refractivity contribution >= 4 is 11.6 Å². The fourth-order valence-corrected chi connectivity index (χ4v) is 3.08. The summed E-state index contributed by atoms with van der Waals surface area (Å²) in [6.07, 6.45) is 0.893. The van der Waals surface area contributed by atoms with Gasteiger partial charge in [-0.2, -0.15) is 0 Å². The maximum Gasteiger partial charge on any atom is 0.258 e. The van der Waals surface area contributed by atoms with Crippen LogP contribution in [0.5, 0.6) is 0 Å². The summed E-state index contributed by atoms with van der Waals surface area (Å²) in [7, 11) is 0. The molecule has 6 heteroatoms. The smallest absolute Gasteiger partial charge is 0.258 e. The van der Waals surface area contributed by atoms with Crippen LogP contribution < -0.4 is 5.32 Å². The van der Waals surface area contributed by atoms with Gasteiger partial charge in [-0.15, -0.1) is 0 Å². The first-order valence-electron chi connectivity index (χ1n) is 8.15. The van der Waals surface area contributed by atoms with Crippen molar-refractivity contribution < 1.29 is 13.6 Å². The minimum atomic E-state index is -0.685. The molecule has 1 unspecified atom stereocenters. The molecule has 0 saturated carbocycles. The van der Waals surface area contributed by atoms with Crippen molar-refractivity contribution in [3.05, 3.63) is 95.3 Å². The van der Waals surface area contributed by atoms with Crippen molar-refractivity contribution in [2.24, 2.45) is 0 Å². The minimum absolute atomic E-state index is 0.0145. The monoisotopic (exact) mass is 351 g/mol. The topological polar surface area (TPSA) is 45.2 Å². The summed E-state index contributed by atoms with van der Waals surface area (Å²) < 4.78 is 27.6. The molecule has 4 nitrogen and oxygen atoms in total. The highest BCUT2D eigenvalue weighted by atomic mass is 19.1. The van der Waals surface area contributed by atoms with Gasteiger partial charge < -0.3 is 10.2 Å². The summed E-state index contributed by atoms with van der Waals surface area (Å²) in [5.41, 5.74) is 1.87. The number of amides is 1. The Kier molecular flexibility index (Phi) is 4.08. The van der Waals surface area contributed by atoms with Crippen molar-refractivity contribution in [3.63, 3.8) is 0 Å². The van der Waals surface area contributed by atoms with E-state index in [0.29, 0.717) is 17.8 Å². The lowest BCUT2D eigenvalue weighted by molar-refractivity contribution is 0.0727. The van der Waals surface area contributed by atoms with Crippen LogP contribution in [-0.4, -0.2) is 15.8 Å². The van der Waals surface area contributed by atoms with Crippen molar-refractivity contribution in [2.45, 2.75) is 12.7 Å². The van der Waals surface area contributed by atoms with Gasteiger partial charge in [0.2, 0.25) is 0 Å². The number of carbonyl (C=O) groups is 1. The predicted molar refractivity (Wildman–Crippen MR) is 93.3 cm³/mol. The summed E-state index contributed by atoms with van der Waals surface area (Å²) >= 11 is 0. The number of benzene rings is 2. The number of rotatable bonds is 4. The van der Waals surface area contributed by atoms with Crippen LogP contribution in [0.3, 0.4) is 0 Å². The second kappa shape index (κ2) is 6.55. The molecular weight excluding hydrogens is 336 g/mol. The molecule has 0 spiro atoms. The van der Waals surface area contributed by atoms with Crippen LogP contribution >= 0.6 is 0 Å². The highest BCUT2D eigenvalue weighted by Crippen LogP contribution is 2.34. The molecule has 1 amide bonds. The predicted octanol–water partition coefficient (Wildman–Crippen LogP) is 4.13. The van der Waals surface area contributed by atoms with Gasteiger partial charge in [0.15, 0.2) is 0 Å². The Hall–Kier alpha value is -3.28. The van der Waals surface area contributed by atoms with E-state index in [1.807, 2.05) is 30.3 Å². The Morgan fingerprint density at radius 1 is 1.04 bits per heavy atom. The Morgan fingerprint density at radius 2 is 1.85 bits per heavy atom. The van der Waals surface area contributed by atoms with Crippen molar-refractivity contribution in [1.82, 2.24) is 9.88 Å². The summed E-state index contributed by atoms with van der Waals surface area (Å²) in [5.74, 6) is -1.36. The van der Waals surface area contributed by atoms with E-state index < -0.39 is 17.8 Å². The van der Waals surface area contributed by atoms with Crippen molar-refractivity contribution in [1.29, 1.82) is 0 Å². The lowest BCUT2D eigenvalue weighted by Gasteiger charge is -2.26. The molecule has 0 bridgehead atoms. The fraction of sp³-hybridized carbons (Fsp3) is 0.100. The molecule has 0 aliphatic carbocycles. The molecule has 1 aliphatic rings. The SMILES string of the molecule is O=C1c2cccnc2C(Nc2cc(F)ccc2F)N1Cc1ccccc1. The van der Waals surface area contributed by atoms with Gasteiger partial charge in [0, 0.05) is 18.8 Å². The van der Waals surface area contributed by atoms with Crippen LogP contribution in [0.25, 0.3) is 0 Å². The van der Waals surface area contributed by atoms with Crippen molar-refractivity contribution in [3.8, 4) is 0 Å². The van der Waals surface area contributed by atoms with Gasteiger partial charge >= 0.3 is 0 Å². The van der Waals surface area contributed by atoms with Crippen LogP contribution in [0.4, 0.5) is 14.5 Å². The van der Waals surface area contributed by atoms with E-state index >= 15 is 0 Å². The summed E-state index contributed by atoms with van der Waals surface area (Å²) in [6.45, 7) is 0.324. The number of halogens is 2. The average molecular weight is 351 g/mol. The number of pyridine rings is 1. The van der Waals surface area contributed by atoms with Gasteiger partial charge in [0.05, 0.1) is 16.9 Å². The lowest BCUT2D eigenvalue weighted by atomic mass is 10.2. The second-order valence-electron chi connectivity index (χ2n) is 6.03. The third-order valence-corrected chi connectivity index (χ3v) is 4.32. The summed E-state index contributed by atoms with van der Waals surface area (Å²) in [5, 5.41) is 2.93. The third-order valence-electron chi connectivity index (χ3n) is 4.32. The normalized spacial score (nSPS) is 15.8. The number of anilines is 1. The molecule has 3 aromatic rings. The zero-order valence-corrected chi connectivity index (χ0v) is 13.7. The quantitative estimate of drug-likeness (QED) is 0.769. The van der Waals surface area contributed by atoms with E-state index in [9.17, 15) is 13.6 Å². The number of fused-ring (bicyclic) bond motifs is 1. The molecule has 2 aromatic carbocycles. The number of carbonyl (C=O) groups excluding carboxylic acids is 1. The zero-order valence-electron chi connectivity index (χ0n) is 13.7. The van der Waals surface area contributed by atoms with E-state index in [1.54, 1.807) is 23.2 Å². The van der Waals surface area contributed by atoms with Crippen LogP contribution in [0.2, 0.25) is 0 Å². The van der Waals surface area contributed by atoms with E-state index in [4.69, 9.17) is 0 Å². The van der Waals surface area contributed by atoms with Crippen LogP contribution in [-0.2, 0) is 6.54 Å². The Labute approximate surface area is 149 Å². The lowest BCUT2D eigenvalue weighted by Crippen LogP contribution is -2.32. The molecule has 1 N–H and O–H groups in total.